The van der Waals surface area contributed by atoms with Crippen LogP contribution in [0.15, 0.2) is 54.6 Å². The molecule has 0 aliphatic carbocycles. The van der Waals surface area contributed by atoms with Gasteiger partial charge in [0.1, 0.15) is 0 Å². The number of nitrogens with zero attached hydrogens (tertiary/aromatic N) is 5. The highest BCUT2D eigenvalue weighted by Gasteiger charge is 2.23. The van der Waals surface area contributed by atoms with Gasteiger partial charge in [-0.25, -0.2) is 0 Å². The van der Waals surface area contributed by atoms with Crippen LogP contribution in [0.5, 0.6) is 0 Å². The van der Waals surface area contributed by atoms with Crippen LogP contribution in [0, 0.1) is 0 Å². The zero-order chi connectivity index (χ0) is 22.8. The van der Waals surface area contributed by atoms with E-state index < -0.39 is 0 Å². The number of H-pyrrole nitrogens is 1. The van der Waals surface area contributed by atoms with Crippen molar-refractivity contribution in [2.75, 3.05) is 46.3 Å². The number of aromatic amines is 1. The van der Waals surface area contributed by atoms with Crippen LogP contribution in [0.2, 0.25) is 0 Å². The molecule has 0 saturated carbocycles. The van der Waals surface area contributed by atoms with Crippen molar-refractivity contribution < 1.29 is 4.79 Å². The van der Waals surface area contributed by atoms with E-state index in [1.165, 1.54) is 10.9 Å². The van der Waals surface area contributed by atoms with Crippen LogP contribution in [0.4, 0.5) is 0 Å². The fourth-order valence-electron chi connectivity index (χ4n) is 4.78. The second kappa shape index (κ2) is 9.37. The summed E-state index contributed by atoms with van der Waals surface area (Å²) in [6.07, 6.45) is 0.946. The van der Waals surface area contributed by atoms with Gasteiger partial charge < -0.3 is 19.3 Å². The van der Waals surface area contributed by atoms with Crippen molar-refractivity contribution in [2.24, 2.45) is 7.05 Å². The molecule has 7 nitrogen and oxygen atoms in total. The number of rotatable bonds is 7. The molecule has 7 heteroatoms. The summed E-state index contributed by atoms with van der Waals surface area (Å²) in [7, 11) is 4.25. The number of para-hydroxylation sites is 2. The van der Waals surface area contributed by atoms with Crippen molar-refractivity contribution in [3.8, 4) is 0 Å². The number of hydrogen-bond donors (Lipinski definition) is 1. The average Bonchev–Trinajstić information content (AvgIpc) is 3.41. The maximum atomic E-state index is 13.7. The first-order valence-electron chi connectivity index (χ1n) is 11.8. The highest BCUT2D eigenvalue weighted by atomic mass is 16.2. The van der Waals surface area contributed by atoms with Crippen LogP contribution in [-0.2, 0) is 13.6 Å². The minimum atomic E-state index is -0.0175. The van der Waals surface area contributed by atoms with Gasteiger partial charge in [0.25, 0.3) is 5.91 Å². The van der Waals surface area contributed by atoms with E-state index in [1.54, 1.807) is 0 Å². The van der Waals surface area contributed by atoms with Crippen molar-refractivity contribution in [1.29, 1.82) is 0 Å². The number of likely N-dealkylation sites (N-methyl/N-ethyl adjacent to an activating group) is 1. The van der Waals surface area contributed by atoms with E-state index in [1.807, 2.05) is 29.2 Å². The Kier molecular flexibility index (Phi) is 6.15. The summed E-state index contributed by atoms with van der Waals surface area (Å²) in [5.41, 5.74) is 3.71. The largest absolute Gasteiger partial charge is 0.346 e. The number of piperazine rings is 1. The molecule has 1 aliphatic rings. The number of aryl methyl sites for hydroxylation is 1. The Bertz CT molecular complexity index is 1250. The topological polar surface area (TPSA) is 60.4 Å². The van der Waals surface area contributed by atoms with E-state index in [0.29, 0.717) is 18.8 Å². The first-order chi connectivity index (χ1) is 16.1. The highest BCUT2D eigenvalue weighted by molar-refractivity contribution is 6.04. The number of carbonyl (C=O) groups is 1. The first kappa shape index (κ1) is 21.7. The van der Waals surface area contributed by atoms with E-state index in [2.05, 4.69) is 69.0 Å². The lowest BCUT2D eigenvalue weighted by Gasteiger charge is -2.33. The van der Waals surface area contributed by atoms with Crippen LogP contribution < -0.4 is 0 Å². The Balaban J connectivity index is 1.37. The molecule has 0 radical (unpaired) electrons. The summed E-state index contributed by atoms with van der Waals surface area (Å²) in [4.78, 5) is 20.5. The van der Waals surface area contributed by atoms with Crippen LogP contribution in [-0.4, -0.2) is 81.7 Å². The van der Waals surface area contributed by atoms with E-state index in [-0.39, 0.29) is 5.91 Å². The van der Waals surface area contributed by atoms with Gasteiger partial charge in [-0.3, -0.25) is 9.89 Å². The van der Waals surface area contributed by atoms with Gasteiger partial charge in [-0.2, -0.15) is 5.10 Å². The molecule has 0 bridgehead atoms. The van der Waals surface area contributed by atoms with Gasteiger partial charge in [0.2, 0.25) is 0 Å². The van der Waals surface area contributed by atoms with Gasteiger partial charge in [0.15, 0.2) is 5.69 Å². The fourth-order valence-corrected chi connectivity index (χ4v) is 4.78. The summed E-state index contributed by atoms with van der Waals surface area (Å²) < 4.78 is 2.19. The van der Waals surface area contributed by atoms with E-state index in [0.717, 1.165) is 55.7 Å². The molecule has 3 heterocycles. The number of nitrogens with one attached hydrogen (secondary N) is 1. The van der Waals surface area contributed by atoms with Crippen molar-refractivity contribution in [2.45, 2.75) is 13.0 Å². The third-order valence-electron chi connectivity index (χ3n) is 6.86. The Morgan fingerprint density at radius 2 is 1.79 bits per heavy atom. The Labute approximate surface area is 194 Å². The number of carbonyl (C=O) groups excluding carboxylic acids is 1. The summed E-state index contributed by atoms with van der Waals surface area (Å²) in [5.74, 6) is -0.0175. The predicted molar refractivity (Wildman–Crippen MR) is 132 cm³/mol. The molecule has 1 saturated heterocycles. The van der Waals surface area contributed by atoms with E-state index >= 15 is 0 Å². The molecule has 2 aromatic carbocycles. The summed E-state index contributed by atoms with van der Waals surface area (Å²) in [6.45, 7) is 6.68. The molecule has 1 fully saturated rings. The molecule has 33 heavy (non-hydrogen) atoms. The van der Waals surface area contributed by atoms with Crippen LogP contribution in [0.1, 0.15) is 22.6 Å². The Morgan fingerprint density at radius 3 is 2.61 bits per heavy atom. The molecule has 1 aliphatic heterocycles. The van der Waals surface area contributed by atoms with Gasteiger partial charge >= 0.3 is 0 Å². The van der Waals surface area contributed by atoms with E-state index in [4.69, 9.17) is 0 Å². The minimum Gasteiger partial charge on any atom is -0.346 e. The normalized spacial score (nSPS) is 15.5. The zero-order valence-electron chi connectivity index (χ0n) is 19.5. The molecule has 1 amide bonds. The third kappa shape index (κ3) is 4.51. The Hall–Kier alpha value is -3.16. The van der Waals surface area contributed by atoms with Gasteiger partial charge in [0, 0.05) is 56.4 Å². The smallest absolute Gasteiger partial charge is 0.275 e. The fraction of sp³-hybridized carbons (Fsp3) is 0.385. The molecule has 0 atom stereocenters. The molecule has 0 unspecified atom stereocenters. The number of fused-ring (bicyclic) bond motifs is 2. The quantitative estimate of drug-likeness (QED) is 0.475. The van der Waals surface area contributed by atoms with Crippen molar-refractivity contribution in [1.82, 2.24) is 29.5 Å². The maximum absolute atomic E-state index is 13.7. The maximum Gasteiger partial charge on any atom is 0.275 e. The lowest BCUT2D eigenvalue weighted by atomic mass is 10.2. The SMILES string of the molecule is CN1CCN(CCCN(Cc2cc3ccccc3n2C)C(=O)c2n[nH]c3ccccc23)CC1. The van der Waals surface area contributed by atoms with Crippen molar-refractivity contribution in [3.05, 3.63) is 66.0 Å². The van der Waals surface area contributed by atoms with Crippen molar-refractivity contribution >= 4 is 27.7 Å². The molecular weight excluding hydrogens is 412 g/mol. The molecule has 172 valence electrons. The summed E-state index contributed by atoms with van der Waals surface area (Å²) in [6, 6.07) is 18.4. The lowest BCUT2D eigenvalue weighted by Crippen LogP contribution is -2.45. The van der Waals surface area contributed by atoms with Crippen molar-refractivity contribution in [3.63, 3.8) is 0 Å². The Morgan fingerprint density at radius 1 is 1.03 bits per heavy atom. The summed E-state index contributed by atoms with van der Waals surface area (Å²) >= 11 is 0. The molecule has 2 aromatic heterocycles. The first-order valence-corrected chi connectivity index (χ1v) is 11.8. The molecule has 4 aromatic rings. The minimum absolute atomic E-state index is 0.0175. The monoisotopic (exact) mass is 444 g/mol. The second-order valence-electron chi connectivity index (χ2n) is 9.10. The van der Waals surface area contributed by atoms with Gasteiger partial charge in [-0.05, 0) is 43.6 Å². The number of aromatic nitrogens is 3. The predicted octanol–water partition coefficient (Wildman–Crippen LogP) is 3.33. The van der Waals surface area contributed by atoms with Crippen LogP contribution >= 0.6 is 0 Å². The van der Waals surface area contributed by atoms with Gasteiger partial charge in [-0.15, -0.1) is 0 Å². The highest BCUT2D eigenvalue weighted by Crippen LogP contribution is 2.22. The van der Waals surface area contributed by atoms with Gasteiger partial charge in [-0.1, -0.05) is 36.4 Å². The lowest BCUT2D eigenvalue weighted by molar-refractivity contribution is 0.0721. The average molecular weight is 445 g/mol. The zero-order valence-corrected chi connectivity index (χ0v) is 19.5. The number of benzene rings is 2. The number of amides is 1. The van der Waals surface area contributed by atoms with Gasteiger partial charge in [0.05, 0.1) is 12.1 Å². The molecule has 1 N–H and O–H groups in total. The second-order valence-corrected chi connectivity index (χ2v) is 9.10. The molecule has 5 rings (SSSR count). The number of hydrogen-bond acceptors (Lipinski definition) is 4. The third-order valence-corrected chi connectivity index (χ3v) is 6.86. The summed E-state index contributed by atoms with van der Waals surface area (Å²) in [5, 5.41) is 9.48. The molecule has 0 spiro atoms. The van der Waals surface area contributed by atoms with Crippen LogP contribution in [0.3, 0.4) is 0 Å². The standard InChI is InChI=1S/C26H32N6O/c1-29-14-16-31(17-15-29)12-7-13-32(19-21-18-20-8-3-6-11-24(20)30(21)2)26(33)25-22-9-4-5-10-23(22)27-28-25/h3-6,8-11,18H,7,12-17,19H2,1-2H3,(H,27,28). The van der Waals surface area contributed by atoms with Crippen LogP contribution in [0.25, 0.3) is 21.8 Å². The van der Waals surface area contributed by atoms with E-state index in [9.17, 15) is 4.79 Å². The molecular formula is C26H32N6O.